The van der Waals surface area contributed by atoms with Gasteiger partial charge in [0, 0.05) is 8.95 Å². The van der Waals surface area contributed by atoms with Crippen LogP contribution in [-0.4, -0.2) is 39.2 Å². The fourth-order valence-corrected chi connectivity index (χ4v) is 2.86. The van der Waals surface area contributed by atoms with Crippen molar-refractivity contribution in [3.8, 4) is 0 Å². The molecular weight excluding hydrogens is 438 g/mol. The van der Waals surface area contributed by atoms with Gasteiger partial charge >= 0.3 is 17.9 Å². The minimum atomic E-state index is -0.805. The summed E-state index contributed by atoms with van der Waals surface area (Å²) in [6, 6.07) is 3.16. The fourth-order valence-electron chi connectivity index (χ4n) is 1.54. The van der Waals surface area contributed by atoms with Crippen molar-refractivity contribution in [2.24, 2.45) is 0 Å². The van der Waals surface area contributed by atoms with Crippen molar-refractivity contribution in [3.63, 3.8) is 0 Å². The van der Waals surface area contributed by atoms with Gasteiger partial charge in [-0.1, -0.05) is 15.9 Å². The standard InChI is InChI=1S/C14H13Br2NO6/c1-21-11(18)6-10(14(20)23-3)17-12-8(13(19)22-2)4-7(15)5-9(12)16/h4-6,17H,1-3H3/b10-6+. The average molecular weight is 451 g/mol. The minimum absolute atomic E-state index is 0.147. The van der Waals surface area contributed by atoms with Crippen LogP contribution in [0.3, 0.4) is 0 Å². The zero-order valence-electron chi connectivity index (χ0n) is 12.4. The van der Waals surface area contributed by atoms with Gasteiger partial charge in [-0.05, 0) is 28.1 Å². The van der Waals surface area contributed by atoms with Gasteiger partial charge in [-0.3, -0.25) is 0 Å². The quantitative estimate of drug-likeness (QED) is 0.418. The molecular formula is C14H13Br2NO6. The zero-order valence-corrected chi connectivity index (χ0v) is 15.6. The van der Waals surface area contributed by atoms with E-state index in [0.29, 0.717) is 8.95 Å². The van der Waals surface area contributed by atoms with Crippen LogP contribution in [0.1, 0.15) is 10.4 Å². The summed E-state index contributed by atoms with van der Waals surface area (Å²) in [7, 11) is 3.56. The molecule has 0 fully saturated rings. The van der Waals surface area contributed by atoms with Crippen LogP contribution in [0.15, 0.2) is 32.9 Å². The first-order chi connectivity index (χ1) is 10.8. The lowest BCUT2D eigenvalue weighted by molar-refractivity contribution is -0.138. The smallest absolute Gasteiger partial charge is 0.354 e. The molecule has 9 heteroatoms. The summed E-state index contributed by atoms with van der Waals surface area (Å²) < 4.78 is 14.9. The number of esters is 3. The molecule has 0 heterocycles. The van der Waals surface area contributed by atoms with Crippen LogP contribution >= 0.6 is 31.9 Å². The molecule has 0 saturated heterocycles. The number of carbonyl (C=O) groups is 3. The van der Waals surface area contributed by atoms with E-state index in [1.165, 1.54) is 20.3 Å². The third kappa shape index (κ3) is 5.07. The molecule has 1 N–H and O–H groups in total. The van der Waals surface area contributed by atoms with E-state index < -0.39 is 17.9 Å². The van der Waals surface area contributed by atoms with Crippen LogP contribution in [0.2, 0.25) is 0 Å². The van der Waals surface area contributed by atoms with E-state index in [1.807, 2.05) is 0 Å². The predicted molar refractivity (Wildman–Crippen MR) is 88.9 cm³/mol. The summed E-state index contributed by atoms with van der Waals surface area (Å²) in [5.41, 5.74) is 0.182. The molecule has 1 aromatic rings. The van der Waals surface area contributed by atoms with Crippen LogP contribution in [0.5, 0.6) is 0 Å². The molecule has 0 spiro atoms. The van der Waals surface area contributed by atoms with Crippen molar-refractivity contribution in [3.05, 3.63) is 38.4 Å². The lowest BCUT2D eigenvalue weighted by Gasteiger charge is -2.14. The second-order valence-corrected chi connectivity index (χ2v) is 5.77. The summed E-state index contributed by atoms with van der Waals surface area (Å²) in [6.07, 6.45) is 0.918. The number of rotatable bonds is 5. The lowest BCUT2D eigenvalue weighted by atomic mass is 10.1. The van der Waals surface area contributed by atoms with Crippen LogP contribution in [0, 0.1) is 0 Å². The molecule has 0 aromatic heterocycles. The van der Waals surface area contributed by atoms with Crippen LogP contribution in [0.4, 0.5) is 5.69 Å². The van der Waals surface area contributed by atoms with Crippen molar-refractivity contribution < 1.29 is 28.6 Å². The van der Waals surface area contributed by atoms with E-state index in [-0.39, 0.29) is 16.9 Å². The topological polar surface area (TPSA) is 90.9 Å². The molecule has 0 amide bonds. The van der Waals surface area contributed by atoms with Crippen LogP contribution < -0.4 is 5.32 Å². The van der Waals surface area contributed by atoms with E-state index in [4.69, 9.17) is 4.74 Å². The molecule has 0 aliphatic heterocycles. The van der Waals surface area contributed by atoms with Crippen LogP contribution in [0.25, 0.3) is 0 Å². The Morgan fingerprint density at radius 3 is 2.22 bits per heavy atom. The number of carbonyl (C=O) groups excluding carboxylic acids is 3. The highest BCUT2D eigenvalue weighted by Gasteiger charge is 2.20. The molecule has 0 aliphatic rings. The minimum Gasteiger partial charge on any atom is -0.466 e. The zero-order chi connectivity index (χ0) is 17.6. The summed E-state index contributed by atoms with van der Waals surface area (Å²) in [5.74, 6) is -2.19. The maximum Gasteiger partial charge on any atom is 0.354 e. The number of nitrogens with one attached hydrogen (secondary N) is 1. The van der Waals surface area contributed by atoms with Gasteiger partial charge in [0.2, 0.25) is 0 Å². The first-order valence-corrected chi connectivity index (χ1v) is 7.65. The highest BCUT2D eigenvalue weighted by atomic mass is 79.9. The van der Waals surface area contributed by atoms with Crippen molar-refractivity contribution in [2.75, 3.05) is 26.6 Å². The second-order valence-electron chi connectivity index (χ2n) is 4.00. The van der Waals surface area contributed by atoms with E-state index in [9.17, 15) is 14.4 Å². The Bertz CT molecular complexity index is 671. The molecule has 0 aliphatic carbocycles. The molecule has 0 unspecified atom stereocenters. The van der Waals surface area contributed by atoms with E-state index in [0.717, 1.165) is 13.2 Å². The van der Waals surface area contributed by atoms with Gasteiger partial charge in [0.05, 0.1) is 38.7 Å². The Morgan fingerprint density at radius 2 is 1.70 bits per heavy atom. The number of ether oxygens (including phenoxy) is 3. The molecule has 23 heavy (non-hydrogen) atoms. The van der Waals surface area contributed by atoms with E-state index in [2.05, 4.69) is 46.7 Å². The Kier molecular flexibility index (Phi) is 7.24. The summed E-state index contributed by atoms with van der Waals surface area (Å²) in [6.45, 7) is 0. The summed E-state index contributed by atoms with van der Waals surface area (Å²) in [4.78, 5) is 35.1. The van der Waals surface area contributed by atoms with Gasteiger partial charge < -0.3 is 19.5 Å². The van der Waals surface area contributed by atoms with Gasteiger partial charge in [-0.15, -0.1) is 0 Å². The Hall–Kier alpha value is -1.87. The molecule has 0 radical (unpaired) electrons. The van der Waals surface area contributed by atoms with Gasteiger partial charge in [-0.2, -0.15) is 0 Å². The lowest BCUT2D eigenvalue weighted by Crippen LogP contribution is -2.17. The first-order valence-electron chi connectivity index (χ1n) is 6.06. The van der Waals surface area contributed by atoms with Crippen LogP contribution in [-0.2, 0) is 23.8 Å². The maximum atomic E-state index is 11.9. The number of halogens is 2. The highest BCUT2D eigenvalue weighted by Crippen LogP contribution is 2.32. The van der Waals surface area contributed by atoms with Gasteiger partial charge in [0.15, 0.2) is 0 Å². The largest absolute Gasteiger partial charge is 0.466 e. The number of benzene rings is 1. The van der Waals surface area contributed by atoms with Crippen molar-refractivity contribution in [2.45, 2.75) is 0 Å². The summed E-state index contributed by atoms with van der Waals surface area (Å²) in [5, 5.41) is 2.69. The number of hydrogen-bond acceptors (Lipinski definition) is 7. The maximum absolute atomic E-state index is 11.9. The number of hydrogen-bond donors (Lipinski definition) is 1. The molecule has 0 saturated carbocycles. The van der Waals surface area contributed by atoms with E-state index >= 15 is 0 Å². The Balaban J connectivity index is 3.38. The molecule has 1 rings (SSSR count). The molecule has 7 nitrogen and oxygen atoms in total. The van der Waals surface area contributed by atoms with Gasteiger partial charge in [0.1, 0.15) is 5.70 Å². The monoisotopic (exact) mass is 449 g/mol. The summed E-state index contributed by atoms with van der Waals surface area (Å²) >= 11 is 6.54. The van der Waals surface area contributed by atoms with E-state index in [1.54, 1.807) is 6.07 Å². The Morgan fingerprint density at radius 1 is 1.04 bits per heavy atom. The normalized spacial score (nSPS) is 10.7. The SMILES string of the molecule is COC(=O)/C=C(/Nc1c(Br)cc(Br)cc1C(=O)OC)C(=O)OC. The number of anilines is 1. The van der Waals surface area contributed by atoms with Gasteiger partial charge in [-0.25, -0.2) is 14.4 Å². The van der Waals surface area contributed by atoms with Crippen molar-refractivity contribution >= 4 is 55.5 Å². The fraction of sp³-hybridized carbons (Fsp3) is 0.214. The molecule has 1 aromatic carbocycles. The molecule has 0 atom stereocenters. The highest BCUT2D eigenvalue weighted by molar-refractivity contribution is 9.11. The Labute approximate surface area is 149 Å². The molecule has 0 bridgehead atoms. The molecule has 124 valence electrons. The van der Waals surface area contributed by atoms with Crippen molar-refractivity contribution in [1.29, 1.82) is 0 Å². The number of methoxy groups -OCH3 is 3. The van der Waals surface area contributed by atoms with Gasteiger partial charge in [0.25, 0.3) is 0 Å². The third-order valence-corrected chi connectivity index (χ3v) is 3.67. The second kappa shape index (κ2) is 8.68. The average Bonchev–Trinajstić information content (AvgIpc) is 2.54. The third-order valence-electron chi connectivity index (χ3n) is 2.59. The predicted octanol–water partition coefficient (Wildman–Crippen LogP) is 2.64. The first kappa shape index (κ1) is 19.2. The van der Waals surface area contributed by atoms with Crippen molar-refractivity contribution in [1.82, 2.24) is 0 Å².